The van der Waals surface area contributed by atoms with Crippen LogP contribution in [0, 0.1) is 0 Å². The van der Waals surface area contributed by atoms with Crippen molar-refractivity contribution < 1.29 is 4.79 Å². The molecule has 8 nitrogen and oxygen atoms in total. The summed E-state index contributed by atoms with van der Waals surface area (Å²) in [6.07, 6.45) is 3.23. The van der Waals surface area contributed by atoms with Crippen molar-refractivity contribution in [2.75, 3.05) is 12.4 Å². The minimum Gasteiger partial charge on any atom is -0.358 e. The lowest BCUT2D eigenvalue weighted by molar-refractivity contribution is -0.121. The molecule has 0 atom stereocenters. The molecule has 3 N–H and O–H groups in total. The Balaban J connectivity index is 1.73. The Hall–Kier alpha value is -2.94. The number of halogens is 1. The molecule has 0 unspecified atom stereocenters. The maximum atomic E-state index is 11.4. The summed E-state index contributed by atoms with van der Waals surface area (Å²) in [5.74, 6) is 1.15. The summed E-state index contributed by atoms with van der Waals surface area (Å²) in [6.45, 7) is 0.164. The zero-order valence-corrected chi connectivity index (χ0v) is 14.8. The molecular formula is C16H14BrN7O. The molecule has 3 heterocycles. The van der Waals surface area contributed by atoms with E-state index < -0.39 is 0 Å². The molecule has 0 bridgehead atoms. The molecule has 25 heavy (non-hydrogen) atoms. The van der Waals surface area contributed by atoms with Crippen LogP contribution in [0.15, 0.2) is 41.3 Å². The molecule has 0 aliphatic carbocycles. The van der Waals surface area contributed by atoms with Gasteiger partial charge in [-0.25, -0.2) is 9.97 Å². The molecule has 4 aromatic rings. The summed E-state index contributed by atoms with van der Waals surface area (Å²) in [7, 11) is 1.60. The minimum absolute atomic E-state index is 0.111. The molecule has 1 aromatic carbocycles. The Morgan fingerprint density at radius 2 is 2.20 bits per heavy atom. The molecule has 0 saturated carbocycles. The van der Waals surface area contributed by atoms with Crippen LogP contribution in [0.5, 0.6) is 0 Å². The SMILES string of the molecule is CNC(=O)Cn1ccc(Nc2ncnc3[nH]c4ccc(Br)cc4c23)n1. The number of nitrogens with zero attached hydrogens (tertiary/aromatic N) is 4. The smallest absolute Gasteiger partial charge is 0.241 e. The number of benzene rings is 1. The van der Waals surface area contributed by atoms with Gasteiger partial charge >= 0.3 is 0 Å². The fraction of sp³-hybridized carbons (Fsp3) is 0.125. The third-order valence-corrected chi connectivity index (χ3v) is 4.32. The number of amides is 1. The summed E-state index contributed by atoms with van der Waals surface area (Å²) in [4.78, 5) is 23.4. The molecule has 1 amide bonds. The van der Waals surface area contributed by atoms with Crippen LogP contribution in [0.1, 0.15) is 0 Å². The van der Waals surface area contributed by atoms with Gasteiger partial charge in [0, 0.05) is 34.7 Å². The molecule has 0 saturated heterocycles. The Bertz CT molecular complexity index is 1080. The van der Waals surface area contributed by atoms with Crippen molar-refractivity contribution in [1.82, 2.24) is 30.0 Å². The van der Waals surface area contributed by atoms with Crippen LogP contribution < -0.4 is 10.6 Å². The predicted octanol–water partition coefficient (Wildman–Crippen LogP) is 2.56. The third-order valence-electron chi connectivity index (χ3n) is 3.82. The van der Waals surface area contributed by atoms with E-state index in [4.69, 9.17) is 0 Å². The van der Waals surface area contributed by atoms with Crippen LogP contribution in [-0.4, -0.2) is 37.7 Å². The summed E-state index contributed by atoms with van der Waals surface area (Å²) in [5.41, 5.74) is 1.72. The van der Waals surface area contributed by atoms with Crippen LogP contribution in [0.4, 0.5) is 11.6 Å². The number of aromatic amines is 1. The van der Waals surface area contributed by atoms with Gasteiger partial charge in [0.25, 0.3) is 0 Å². The first-order valence-electron chi connectivity index (χ1n) is 7.57. The van der Waals surface area contributed by atoms with E-state index in [0.717, 1.165) is 26.4 Å². The van der Waals surface area contributed by atoms with E-state index in [9.17, 15) is 4.79 Å². The largest absolute Gasteiger partial charge is 0.358 e. The highest BCUT2D eigenvalue weighted by molar-refractivity contribution is 9.10. The number of fused-ring (bicyclic) bond motifs is 3. The average Bonchev–Trinajstić information content (AvgIpc) is 3.19. The number of likely N-dealkylation sites (N-methyl/N-ethyl adjacent to an activating group) is 1. The van der Waals surface area contributed by atoms with Crippen LogP contribution in [0.2, 0.25) is 0 Å². The monoisotopic (exact) mass is 399 g/mol. The number of anilines is 2. The second-order valence-corrected chi connectivity index (χ2v) is 6.37. The zero-order chi connectivity index (χ0) is 17.4. The molecular weight excluding hydrogens is 386 g/mol. The first-order valence-corrected chi connectivity index (χ1v) is 8.36. The number of nitrogens with one attached hydrogen (secondary N) is 3. The topological polar surface area (TPSA) is 101 Å². The van der Waals surface area contributed by atoms with E-state index >= 15 is 0 Å². The molecule has 0 fully saturated rings. The van der Waals surface area contributed by atoms with Gasteiger partial charge in [0.05, 0.1) is 5.39 Å². The molecule has 4 rings (SSSR count). The molecule has 3 aromatic heterocycles. The molecule has 0 radical (unpaired) electrons. The number of carbonyl (C=O) groups excluding carboxylic acids is 1. The van der Waals surface area contributed by atoms with Gasteiger partial charge in [-0.05, 0) is 18.2 Å². The van der Waals surface area contributed by atoms with E-state index in [-0.39, 0.29) is 12.5 Å². The first-order chi connectivity index (χ1) is 12.1. The molecule has 9 heteroatoms. The van der Waals surface area contributed by atoms with E-state index in [0.29, 0.717) is 11.6 Å². The Morgan fingerprint density at radius 1 is 1.32 bits per heavy atom. The van der Waals surface area contributed by atoms with Gasteiger partial charge in [-0.15, -0.1) is 0 Å². The Morgan fingerprint density at radius 3 is 3.04 bits per heavy atom. The molecule has 0 aliphatic rings. The maximum Gasteiger partial charge on any atom is 0.241 e. The van der Waals surface area contributed by atoms with Gasteiger partial charge in [-0.1, -0.05) is 15.9 Å². The number of rotatable bonds is 4. The van der Waals surface area contributed by atoms with E-state index in [1.54, 1.807) is 24.0 Å². The van der Waals surface area contributed by atoms with Crippen molar-refractivity contribution in [1.29, 1.82) is 0 Å². The quantitative estimate of drug-likeness (QED) is 0.489. The maximum absolute atomic E-state index is 11.4. The summed E-state index contributed by atoms with van der Waals surface area (Å²) >= 11 is 3.50. The van der Waals surface area contributed by atoms with E-state index in [1.165, 1.54) is 6.33 Å². The minimum atomic E-state index is -0.111. The fourth-order valence-electron chi connectivity index (χ4n) is 2.65. The third kappa shape index (κ3) is 2.93. The van der Waals surface area contributed by atoms with Crippen molar-refractivity contribution in [2.24, 2.45) is 0 Å². The van der Waals surface area contributed by atoms with Crippen molar-refractivity contribution >= 4 is 55.4 Å². The number of hydrogen-bond donors (Lipinski definition) is 3. The number of H-pyrrole nitrogens is 1. The highest BCUT2D eigenvalue weighted by atomic mass is 79.9. The summed E-state index contributed by atoms with van der Waals surface area (Å²) in [6, 6.07) is 7.77. The van der Waals surface area contributed by atoms with Crippen molar-refractivity contribution in [3.05, 3.63) is 41.3 Å². The molecule has 0 spiro atoms. The summed E-state index contributed by atoms with van der Waals surface area (Å²) in [5, 5.41) is 12.0. The van der Waals surface area contributed by atoms with Crippen molar-refractivity contribution in [3.63, 3.8) is 0 Å². The van der Waals surface area contributed by atoms with Gasteiger partial charge in [-0.3, -0.25) is 9.48 Å². The second-order valence-electron chi connectivity index (χ2n) is 5.46. The van der Waals surface area contributed by atoms with Crippen molar-refractivity contribution in [2.45, 2.75) is 6.54 Å². The highest BCUT2D eigenvalue weighted by Crippen LogP contribution is 2.31. The van der Waals surface area contributed by atoms with E-state index in [1.807, 2.05) is 18.2 Å². The zero-order valence-electron chi connectivity index (χ0n) is 13.2. The Kier molecular flexibility index (Phi) is 3.85. The highest BCUT2D eigenvalue weighted by Gasteiger charge is 2.13. The number of carbonyl (C=O) groups is 1. The van der Waals surface area contributed by atoms with Gasteiger partial charge < -0.3 is 15.6 Å². The van der Waals surface area contributed by atoms with Crippen LogP contribution in [0.3, 0.4) is 0 Å². The predicted molar refractivity (Wildman–Crippen MR) is 98.7 cm³/mol. The van der Waals surface area contributed by atoms with Crippen LogP contribution >= 0.6 is 15.9 Å². The first kappa shape index (κ1) is 15.6. The number of aromatic nitrogens is 5. The van der Waals surface area contributed by atoms with Gasteiger partial charge in [-0.2, -0.15) is 5.10 Å². The second kappa shape index (κ2) is 6.17. The van der Waals surface area contributed by atoms with Crippen molar-refractivity contribution in [3.8, 4) is 0 Å². The molecule has 0 aliphatic heterocycles. The molecule has 126 valence electrons. The fourth-order valence-corrected chi connectivity index (χ4v) is 3.02. The normalized spacial score (nSPS) is 11.1. The standard InChI is InChI=1S/C16H14BrN7O/c1-18-13(25)7-24-5-4-12(23-24)22-16-14-10-6-9(17)2-3-11(10)21-15(14)19-8-20-16/h2-6,8H,7H2,1H3,(H,18,25)(H2,19,20,21,22,23). The lowest BCUT2D eigenvalue weighted by atomic mass is 10.2. The Labute approximate surface area is 150 Å². The van der Waals surface area contributed by atoms with Gasteiger partial charge in [0.15, 0.2) is 5.82 Å². The number of hydrogen-bond acceptors (Lipinski definition) is 5. The van der Waals surface area contributed by atoms with Gasteiger partial charge in [0.1, 0.15) is 24.3 Å². The summed E-state index contributed by atoms with van der Waals surface area (Å²) < 4.78 is 2.54. The average molecular weight is 400 g/mol. The lowest BCUT2D eigenvalue weighted by Gasteiger charge is -2.04. The van der Waals surface area contributed by atoms with Crippen LogP contribution in [-0.2, 0) is 11.3 Å². The van der Waals surface area contributed by atoms with Gasteiger partial charge in [0.2, 0.25) is 5.91 Å². The lowest BCUT2D eigenvalue weighted by Crippen LogP contribution is -2.23. The van der Waals surface area contributed by atoms with E-state index in [2.05, 4.69) is 46.6 Å². The van der Waals surface area contributed by atoms with Crippen LogP contribution in [0.25, 0.3) is 21.9 Å².